The number of H-pyrrole nitrogens is 1. The molecule has 5 heterocycles. The second kappa shape index (κ2) is 8.41. The van der Waals surface area contributed by atoms with E-state index in [4.69, 9.17) is 14.7 Å². The van der Waals surface area contributed by atoms with Gasteiger partial charge >= 0.3 is 0 Å². The summed E-state index contributed by atoms with van der Waals surface area (Å²) in [5.74, 6) is 0.671. The maximum absolute atomic E-state index is 12.9. The third kappa shape index (κ3) is 3.68. The Balaban J connectivity index is 1.46. The van der Waals surface area contributed by atoms with E-state index in [0.29, 0.717) is 51.0 Å². The van der Waals surface area contributed by atoms with Crippen LogP contribution in [0.25, 0.3) is 33.2 Å². The summed E-state index contributed by atoms with van der Waals surface area (Å²) in [7, 11) is 0. The molecule has 0 radical (unpaired) electrons. The van der Waals surface area contributed by atoms with E-state index in [2.05, 4.69) is 25.5 Å². The first-order chi connectivity index (χ1) is 16.3. The van der Waals surface area contributed by atoms with Gasteiger partial charge in [-0.15, -0.1) is 0 Å². The van der Waals surface area contributed by atoms with Crippen LogP contribution >= 0.6 is 0 Å². The minimum absolute atomic E-state index is 0.0477. The summed E-state index contributed by atoms with van der Waals surface area (Å²) in [5, 5.41) is 16.9. The molecule has 4 aromatic rings. The van der Waals surface area contributed by atoms with Gasteiger partial charge in [0.2, 0.25) is 11.9 Å². The van der Waals surface area contributed by atoms with Crippen LogP contribution in [-0.2, 0) is 16.1 Å². The standard InChI is InChI=1S/C22H25N9O2/c32-19(29-6-4-23-5-7-29)14-31-21-17(13-25-31)20(15-2-1-3-18-16(15)12-24-28-18)26-22(27-21)30-8-10-33-11-9-30/h1-3,12-13,23H,4-11,14H2,(H,24,28). The molecule has 1 amide bonds. The Bertz CT molecular complexity index is 1300. The number of amides is 1. The predicted molar refractivity (Wildman–Crippen MR) is 123 cm³/mol. The second-order valence-electron chi connectivity index (χ2n) is 8.28. The fourth-order valence-electron chi connectivity index (χ4n) is 4.49. The molecule has 1 aromatic carbocycles. The summed E-state index contributed by atoms with van der Waals surface area (Å²) in [6, 6.07) is 6.01. The lowest BCUT2D eigenvalue weighted by molar-refractivity contribution is -0.132. The first-order valence-corrected chi connectivity index (χ1v) is 11.2. The van der Waals surface area contributed by atoms with E-state index in [1.165, 1.54) is 0 Å². The molecule has 2 saturated heterocycles. The predicted octanol–water partition coefficient (Wildman–Crippen LogP) is 0.638. The van der Waals surface area contributed by atoms with Crippen molar-refractivity contribution in [3.05, 3.63) is 30.6 Å². The third-order valence-electron chi connectivity index (χ3n) is 6.27. The number of aromatic amines is 1. The van der Waals surface area contributed by atoms with Gasteiger partial charge in [-0.2, -0.15) is 15.2 Å². The van der Waals surface area contributed by atoms with Crippen LogP contribution in [0.2, 0.25) is 0 Å². The lowest BCUT2D eigenvalue weighted by Gasteiger charge is -2.28. The zero-order chi connectivity index (χ0) is 22.2. The van der Waals surface area contributed by atoms with E-state index in [9.17, 15) is 4.79 Å². The molecule has 3 aromatic heterocycles. The van der Waals surface area contributed by atoms with Gasteiger partial charge in [-0.25, -0.2) is 9.67 Å². The number of ether oxygens (including phenoxy) is 1. The Morgan fingerprint density at radius 1 is 1.03 bits per heavy atom. The number of benzene rings is 1. The van der Waals surface area contributed by atoms with Crippen LogP contribution in [0.4, 0.5) is 5.95 Å². The number of rotatable bonds is 4. The van der Waals surface area contributed by atoms with Gasteiger partial charge < -0.3 is 19.9 Å². The Morgan fingerprint density at radius 3 is 2.73 bits per heavy atom. The average Bonchev–Trinajstić information content (AvgIpc) is 3.52. The molecule has 6 rings (SSSR count). The van der Waals surface area contributed by atoms with Crippen LogP contribution in [0.5, 0.6) is 0 Å². The van der Waals surface area contributed by atoms with Crippen molar-refractivity contribution in [3.63, 3.8) is 0 Å². The van der Waals surface area contributed by atoms with Gasteiger partial charge in [0.05, 0.1) is 42.2 Å². The summed E-state index contributed by atoms with van der Waals surface area (Å²) in [4.78, 5) is 26.8. The molecule has 11 nitrogen and oxygen atoms in total. The average molecular weight is 448 g/mol. The largest absolute Gasteiger partial charge is 0.378 e. The first-order valence-electron chi connectivity index (χ1n) is 11.2. The first kappa shape index (κ1) is 20.1. The molecule has 2 aliphatic rings. The molecule has 0 spiro atoms. The topological polar surface area (TPSA) is 117 Å². The van der Waals surface area contributed by atoms with Gasteiger partial charge in [0.15, 0.2) is 5.65 Å². The lowest BCUT2D eigenvalue weighted by atomic mass is 10.1. The highest BCUT2D eigenvalue weighted by Crippen LogP contribution is 2.33. The second-order valence-corrected chi connectivity index (χ2v) is 8.28. The van der Waals surface area contributed by atoms with Crippen molar-refractivity contribution in [2.24, 2.45) is 0 Å². The molecular weight excluding hydrogens is 422 g/mol. The number of morpholine rings is 1. The van der Waals surface area contributed by atoms with Gasteiger partial charge in [0.25, 0.3) is 0 Å². The highest BCUT2D eigenvalue weighted by Gasteiger charge is 2.23. The van der Waals surface area contributed by atoms with Crippen LogP contribution in [0.15, 0.2) is 30.6 Å². The minimum Gasteiger partial charge on any atom is -0.378 e. The highest BCUT2D eigenvalue weighted by molar-refractivity contribution is 6.01. The third-order valence-corrected chi connectivity index (χ3v) is 6.27. The Kier molecular flexibility index (Phi) is 5.11. The fourth-order valence-corrected chi connectivity index (χ4v) is 4.49. The number of hydrogen-bond acceptors (Lipinski definition) is 8. The number of carbonyl (C=O) groups excluding carboxylic acids is 1. The molecule has 2 aliphatic heterocycles. The van der Waals surface area contributed by atoms with Gasteiger partial charge in [-0.1, -0.05) is 12.1 Å². The number of carbonyl (C=O) groups is 1. The fraction of sp³-hybridized carbons (Fsp3) is 0.409. The highest BCUT2D eigenvalue weighted by atomic mass is 16.5. The molecule has 0 bridgehead atoms. The summed E-state index contributed by atoms with van der Waals surface area (Å²) >= 11 is 0. The van der Waals surface area contributed by atoms with Crippen molar-refractivity contribution < 1.29 is 9.53 Å². The molecule has 2 N–H and O–H groups in total. The number of hydrogen-bond donors (Lipinski definition) is 2. The molecule has 170 valence electrons. The van der Waals surface area contributed by atoms with Crippen molar-refractivity contribution in [1.29, 1.82) is 0 Å². The van der Waals surface area contributed by atoms with E-state index in [0.717, 1.165) is 40.6 Å². The van der Waals surface area contributed by atoms with Gasteiger partial charge in [-0.3, -0.25) is 9.89 Å². The quantitative estimate of drug-likeness (QED) is 0.468. The number of aromatic nitrogens is 6. The van der Waals surface area contributed by atoms with E-state index in [-0.39, 0.29) is 12.5 Å². The number of nitrogens with one attached hydrogen (secondary N) is 2. The van der Waals surface area contributed by atoms with Crippen molar-refractivity contribution in [2.75, 3.05) is 57.4 Å². The van der Waals surface area contributed by atoms with Crippen molar-refractivity contribution in [1.82, 2.24) is 40.2 Å². The van der Waals surface area contributed by atoms with Gasteiger partial charge in [-0.05, 0) is 6.07 Å². The minimum atomic E-state index is 0.0477. The molecule has 0 atom stereocenters. The Morgan fingerprint density at radius 2 is 1.88 bits per heavy atom. The SMILES string of the molecule is O=C(Cn1ncc2c(-c3cccc4[nH]ncc34)nc(N3CCOCC3)nc21)N1CCNCC1. The van der Waals surface area contributed by atoms with Crippen LogP contribution in [0.1, 0.15) is 0 Å². The number of piperazine rings is 1. The summed E-state index contributed by atoms with van der Waals surface area (Å²) in [6.45, 7) is 5.90. The number of fused-ring (bicyclic) bond motifs is 2. The molecule has 11 heteroatoms. The number of nitrogens with zero attached hydrogens (tertiary/aromatic N) is 7. The maximum Gasteiger partial charge on any atom is 0.244 e. The van der Waals surface area contributed by atoms with E-state index in [1.54, 1.807) is 10.9 Å². The molecule has 0 saturated carbocycles. The van der Waals surface area contributed by atoms with Crippen molar-refractivity contribution in [3.8, 4) is 11.3 Å². The molecule has 0 aliphatic carbocycles. The van der Waals surface area contributed by atoms with Gasteiger partial charge in [0.1, 0.15) is 6.54 Å². The summed E-state index contributed by atoms with van der Waals surface area (Å²) < 4.78 is 7.22. The maximum atomic E-state index is 12.9. The molecule has 33 heavy (non-hydrogen) atoms. The smallest absolute Gasteiger partial charge is 0.244 e. The van der Waals surface area contributed by atoms with Gasteiger partial charge in [0, 0.05) is 50.2 Å². The zero-order valence-electron chi connectivity index (χ0n) is 18.2. The molecule has 2 fully saturated rings. The zero-order valence-corrected chi connectivity index (χ0v) is 18.2. The monoisotopic (exact) mass is 447 g/mol. The molecule has 0 unspecified atom stereocenters. The summed E-state index contributed by atoms with van der Waals surface area (Å²) in [5.41, 5.74) is 3.34. The van der Waals surface area contributed by atoms with Crippen LogP contribution < -0.4 is 10.2 Å². The summed E-state index contributed by atoms with van der Waals surface area (Å²) in [6.07, 6.45) is 3.57. The van der Waals surface area contributed by atoms with E-state index in [1.807, 2.05) is 29.3 Å². The van der Waals surface area contributed by atoms with Crippen LogP contribution in [0, 0.1) is 0 Å². The number of anilines is 1. The normalized spacial score (nSPS) is 17.2. The lowest BCUT2D eigenvalue weighted by Crippen LogP contribution is -2.47. The van der Waals surface area contributed by atoms with Crippen molar-refractivity contribution in [2.45, 2.75) is 6.54 Å². The van der Waals surface area contributed by atoms with Crippen molar-refractivity contribution >= 4 is 33.8 Å². The van der Waals surface area contributed by atoms with Crippen LogP contribution in [0.3, 0.4) is 0 Å². The van der Waals surface area contributed by atoms with E-state index < -0.39 is 0 Å². The Labute approximate surface area is 189 Å². The van der Waals surface area contributed by atoms with Crippen LogP contribution in [-0.4, -0.2) is 93.2 Å². The van der Waals surface area contributed by atoms with E-state index >= 15 is 0 Å². The Hall–Kier alpha value is -3.57. The molecular formula is C22H25N9O2.